The zero-order valence-corrected chi connectivity index (χ0v) is 25.3. The minimum atomic E-state index is 0.331. The van der Waals surface area contributed by atoms with Crippen molar-refractivity contribution >= 4 is 5.78 Å². The Balaban J connectivity index is 1.45. The molecule has 4 aliphatic rings. The van der Waals surface area contributed by atoms with Crippen LogP contribution in [0.4, 0.5) is 0 Å². The van der Waals surface area contributed by atoms with Crippen LogP contribution in [0.3, 0.4) is 0 Å². The smallest absolute Gasteiger partial charge is 0.140 e. The van der Waals surface area contributed by atoms with Gasteiger partial charge in [0.15, 0.2) is 0 Å². The van der Waals surface area contributed by atoms with Crippen LogP contribution in [0.1, 0.15) is 155 Å². The minimum absolute atomic E-state index is 0.331. The maximum atomic E-state index is 15.0. The highest BCUT2D eigenvalue weighted by Crippen LogP contribution is 2.47. The molecule has 2 unspecified atom stereocenters. The fourth-order valence-electron chi connectivity index (χ4n) is 8.93. The van der Waals surface area contributed by atoms with Crippen molar-refractivity contribution in [2.24, 2.45) is 35.5 Å². The van der Waals surface area contributed by atoms with Gasteiger partial charge in [0.1, 0.15) is 5.78 Å². The zero-order valence-electron chi connectivity index (χ0n) is 25.3. The molecule has 0 heterocycles. The van der Waals surface area contributed by atoms with Crippen LogP contribution in [0.25, 0.3) is 0 Å². The summed E-state index contributed by atoms with van der Waals surface area (Å²) in [5.74, 6) is 3.93. The third-order valence-electron chi connectivity index (χ3n) is 11.1. The van der Waals surface area contributed by atoms with Crippen LogP contribution in [-0.2, 0) is 14.3 Å². The topological polar surface area (TPSA) is 35.5 Å². The van der Waals surface area contributed by atoms with E-state index >= 15 is 0 Å². The number of hydrogen-bond acceptors (Lipinski definition) is 3. The van der Waals surface area contributed by atoms with Crippen LogP contribution in [0.5, 0.6) is 0 Å². The van der Waals surface area contributed by atoms with Gasteiger partial charge in [0.05, 0.1) is 12.2 Å². The molecule has 0 saturated heterocycles. The van der Waals surface area contributed by atoms with Gasteiger partial charge >= 0.3 is 0 Å². The van der Waals surface area contributed by atoms with E-state index in [0.717, 1.165) is 19.0 Å². The molecule has 3 heteroatoms. The molecule has 4 fully saturated rings. The molecule has 0 N–H and O–H groups in total. The molecule has 2 atom stereocenters. The molecule has 0 amide bonds. The van der Waals surface area contributed by atoms with E-state index in [1.165, 1.54) is 141 Å². The van der Waals surface area contributed by atoms with E-state index in [9.17, 15) is 4.79 Å². The van der Waals surface area contributed by atoms with Gasteiger partial charge in [-0.1, -0.05) is 65.2 Å². The van der Waals surface area contributed by atoms with E-state index in [2.05, 4.69) is 13.8 Å². The predicted molar refractivity (Wildman–Crippen MR) is 158 cm³/mol. The van der Waals surface area contributed by atoms with Crippen molar-refractivity contribution in [1.82, 2.24) is 0 Å². The molecule has 0 aliphatic heterocycles. The van der Waals surface area contributed by atoms with Gasteiger partial charge in [-0.25, -0.2) is 0 Å². The zero-order chi connectivity index (χ0) is 26.6. The summed E-state index contributed by atoms with van der Waals surface area (Å²) in [4.78, 5) is 15.0. The molecule has 0 aromatic rings. The van der Waals surface area contributed by atoms with E-state index in [1.54, 1.807) is 0 Å². The average Bonchev–Trinajstić information content (AvgIpc) is 2.96. The average molecular weight is 531 g/mol. The molecule has 220 valence electrons. The first-order chi connectivity index (χ1) is 18.7. The second-order valence-corrected chi connectivity index (χ2v) is 13.8. The molecule has 4 aliphatic carbocycles. The number of carbonyl (C=O) groups excluding carboxylic acids is 1. The highest BCUT2D eigenvalue weighted by atomic mass is 16.5. The largest absolute Gasteiger partial charge is 0.378 e. The second kappa shape index (κ2) is 16.8. The molecule has 0 bridgehead atoms. The predicted octanol–water partition coefficient (Wildman–Crippen LogP) is 9.70. The summed E-state index contributed by atoms with van der Waals surface area (Å²) in [5.41, 5.74) is 0. The highest BCUT2D eigenvalue weighted by molar-refractivity contribution is 5.84. The van der Waals surface area contributed by atoms with Gasteiger partial charge in [-0.05, 0) is 114 Å². The maximum Gasteiger partial charge on any atom is 0.140 e. The fourth-order valence-corrected chi connectivity index (χ4v) is 8.93. The van der Waals surface area contributed by atoms with Crippen LogP contribution >= 0.6 is 0 Å². The Kier molecular flexibility index (Phi) is 13.5. The normalized spacial score (nSPS) is 31.6. The summed E-state index contributed by atoms with van der Waals surface area (Å²) in [7, 11) is 0. The fraction of sp³-hybridized carbons (Fsp3) is 0.971. The number of Topliss-reactive ketones (excluding diaryl/α,β-unsaturated/α-hetero) is 1. The Labute approximate surface area is 236 Å². The first-order valence-corrected chi connectivity index (χ1v) is 17.5. The first-order valence-electron chi connectivity index (χ1n) is 17.5. The lowest BCUT2D eigenvalue weighted by Crippen LogP contribution is -2.44. The van der Waals surface area contributed by atoms with E-state index in [1.807, 2.05) is 0 Å². The Hall–Kier alpha value is -0.410. The summed E-state index contributed by atoms with van der Waals surface area (Å²) in [6.07, 6.45) is 28.6. The standard InChI is InChI=1S/C35H62O3/c1-3-5-25-37-31-21-17-29(18-22-31)33(27-13-9-7-10-14-27)35(36)34(28-15-11-8-12-16-28)30-19-23-32(24-20-30)38-26-6-4-2/h27-34H,3-26H2,1-2H3. The molecule has 4 rings (SSSR count). The monoisotopic (exact) mass is 530 g/mol. The lowest BCUT2D eigenvalue weighted by molar-refractivity contribution is -0.138. The Bertz CT molecular complexity index is 580. The Morgan fingerprint density at radius 1 is 0.526 bits per heavy atom. The number of ether oxygens (including phenoxy) is 2. The molecule has 0 radical (unpaired) electrons. The number of carbonyl (C=O) groups is 1. The van der Waals surface area contributed by atoms with Gasteiger partial charge in [0.25, 0.3) is 0 Å². The van der Waals surface area contributed by atoms with Gasteiger partial charge in [-0.2, -0.15) is 0 Å². The lowest BCUT2D eigenvalue weighted by atomic mass is 9.60. The van der Waals surface area contributed by atoms with Crippen molar-refractivity contribution in [3.63, 3.8) is 0 Å². The number of unbranched alkanes of at least 4 members (excludes halogenated alkanes) is 2. The summed E-state index contributed by atoms with van der Waals surface area (Å²) in [6.45, 7) is 6.33. The van der Waals surface area contributed by atoms with Crippen molar-refractivity contribution in [2.45, 2.75) is 167 Å². The van der Waals surface area contributed by atoms with Crippen LogP contribution in [0.2, 0.25) is 0 Å². The van der Waals surface area contributed by atoms with Crippen molar-refractivity contribution in [2.75, 3.05) is 13.2 Å². The third-order valence-corrected chi connectivity index (χ3v) is 11.1. The molecule has 0 aromatic carbocycles. The van der Waals surface area contributed by atoms with E-state index < -0.39 is 0 Å². The van der Waals surface area contributed by atoms with E-state index in [-0.39, 0.29) is 0 Å². The molecular weight excluding hydrogens is 468 g/mol. The van der Waals surface area contributed by atoms with E-state index in [4.69, 9.17) is 9.47 Å². The SMILES string of the molecule is CCCCOC1CCC(C(C(=O)C(C2CCCCC2)C2CCC(OCCCC)CC2)C2CCCCC2)CC1. The molecular formula is C35H62O3. The summed E-state index contributed by atoms with van der Waals surface area (Å²) >= 11 is 0. The van der Waals surface area contributed by atoms with Crippen molar-refractivity contribution in [1.29, 1.82) is 0 Å². The van der Waals surface area contributed by atoms with Crippen LogP contribution in [0, 0.1) is 35.5 Å². The highest BCUT2D eigenvalue weighted by Gasteiger charge is 2.45. The minimum Gasteiger partial charge on any atom is -0.378 e. The van der Waals surface area contributed by atoms with Crippen LogP contribution < -0.4 is 0 Å². The van der Waals surface area contributed by atoms with Crippen molar-refractivity contribution in [3.8, 4) is 0 Å². The van der Waals surface area contributed by atoms with Crippen molar-refractivity contribution < 1.29 is 14.3 Å². The molecule has 3 nitrogen and oxygen atoms in total. The Morgan fingerprint density at radius 2 is 0.868 bits per heavy atom. The Morgan fingerprint density at radius 3 is 1.21 bits per heavy atom. The van der Waals surface area contributed by atoms with Crippen LogP contribution in [0.15, 0.2) is 0 Å². The van der Waals surface area contributed by atoms with Crippen molar-refractivity contribution in [3.05, 3.63) is 0 Å². The maximum absolute atomic E-state index is 15.0. The third kappa shape index (κ3) is 8.79. The number of hydrogen-bond donors (Lipinski definition) is 0. The van der Waals surface area contributed by atoms with Gasteiger partial charge in [-0.3, -0.25) is 4.79 Å². The van der Waals surface area contributed by atoms with E-state index in [0.29, 0.717) is 47.7 Å². The van der Waals surface area contributed by atoms with Gasteiger partial charge in [0, 0.05) is 25.0 Å². The van der Waals surface area contributed by atoms with Gasteiger partial charge < -0.3 is 9.47 Å². The lowest BCUT2D eigenvalue weighted by Gasteiger charge is -2.44. The first kappa shape index (κ1) is 30.5. The number of rotatable bonds is 14. The quantitative estimate of drug-likeness (QED) is 0.210. The summed E-state index contributed by atoms with van der Waals surface area (Å²) < 4.78 is 12.5. The molecule has 4 saturated carbocycles. The van der Waals surface area contributed by atoms with Crippen LogP contribution in [-0.4, -0.2) is 31.2 Å². The molecule has 0 aromatic heterocycles. The van der Waals surface area contributed by atoms with Gasteiger partial charge in [-0.15, -0.1) is 0 Å². The summed E-state index contributed by atoms with van der Waals surface area (Å²) in [6, 6.07) is 0. The number of ketones is 1. The van der Waals surface area contributed by atoms with Gasteiger partial charge in [0.2, 0.25) is 0 Å². The molecule has 0 spiro atoms. The second-order valence-electron chi connectivity index (χ2n) is 13.8. The molecule has 38 heavy (non-hydrogen) atoms. The summed E-state index contributed by atoms with van der Waals surface area (Å²) in [5, 5.41) is 0.